The molecule has 2 rings (SSSR count). The summed E-state index contributed by atoms with van der Waals surface area (Å²) in [4.78, 5) is 12.8. The summed E-state index contributed by atoms with van der Waals surface area (Å²) in [5.74, 6) is -1.09. The van der Waals surface area contributed by atoms with Crippen molar-refractivity contribution in [2.24, 2.45) is 5.92 Å². The number of rotatable bonds is 6. The molecule has 0 aliphatic carbocycles. The van der Waals surface area contributed by atoms with E-state index in [-0.39, 0.29) is 5.92 Å². The number of hydrogen-bond acceptors (Lipinski definition) is 3. The molecule has 0 fully saturated rings. The van der Waals surface area contributed by atoms with Gasteiger partial charge in [0.15, 0.2) is 0 Å². The van der Waals surface area contributed by atoms with Crippen LogP contribution in [0.5, 0.6) is 0 Å². The fourth-order valence-corrected chi connectivity index (χ4v) is 2.17. The highest BCUT2D eigenvalue weighted by Crippen LogP contribution is 2.21. The van der Waals surface area contributed by atoms with Crippen molar-refractivity contribution in [3.63, 3.8) is 0 Å². The highest BCUT2D eigenvalue weighted by atomic mass is 16.4. The van der Waals surface area contributed by atoms with Gasteiger partial charge in [-0.1, -0.05) is 25.1 Å². The Morgan fingerprint density at radius 1 is 1.42 bits per heavy atom. The monoisotopic (exact) mass is 261 g/mol. The van der Waals surface area contributed by atoms with Crippen molar-refractivity contribution >= 4 is 16.9 Å². The topological polar surface area (TPSA) is 53.7 Å². The third kappa shape index (κ3) is 3.35. The van der Waals surface area contributed by atoms with Gasteiger partial charge in [0, 0.05) is 18.5 Å². The smallest absolute Gasteiger partial charge is 0.307 e. The average molecular weight is 261 g/mol. The molecule has 1 aromatic heterocycles. The van der Waals surface area contributed by atoms with Gasteiger partial charge in [-0.25, -0.2) is 0 Å². The Kier molecular flexibility index (Phi) is 4.22. The van der Waals surface area contributed by atoms with E-state index in [0.29, 0.717) is 6.54 Å². The Morgan fingerprint density at radius 2 is 2.16 bits per heavy atom. The van der Waals surface area contributed by atoms with Crippen LogP contribution in [0.15, 0.2) is 34.9 Å². The molecule has 0 amide bonds. The molecule has 1 atom stereocenters. The number of carbonyl (C=O) groups is 1. The van der Waals surface area contributed by atoms with Crippen LogP contribution >= 0.6 is 0 Å². The first kappa shape index (κ1) is 13.6. The first-order chi connectivity index (χ1) is 9.08. The number of furan rings is 1. The fraction of sp³-hybridized carbons (Fsp3) is 0.400. The van der Waals surface area contributed by atoms with Crippen molar-refractivity contribution in [3.05, 3.63) is 36.1 Å². The van der Waals surface area contributed by atoms with E-state index in [2.05, 4.69) is 0 Å². The van der Waals surface area contributed by atoms with Gasteiger partial charge in [0.25, 0.3) is 0 Å². The summed E-state index contributed by atoms with van der Waals surface area (Å²) in [5.41, 5.74) is 2.07. The third-order valence-corrected chi connectivity index (χ3v) is 3.33. The van der Waals surface area contributed by atoms with Crippen LogP contribution in [0.2, 0.25) is 0 Å². The van der Waals surface area contributed by atoms with Crippen molar-refractivity contribution in [2.45, 2.75) is 13.3 Å². The van der Waals surface area contributed by atoms with Crippen LogP contribution in [0.3, 0.4) is 0 Å². The minimum absolute atomic E-state index is 0.342. The standard InChI is InChI=1S/C15H19NO3/c1-11(15(17)18)9-16(2)8-7-12-10-19-14-6-4-3-5-13(12)14/h3-6,10-11H,7-9H2,1-2H3,(H,17,18). The maximum atomic E-state index is 10.8. The molecule has 102 valence electrons. The minimum atomic E-state index is -0.749. The minimum Gasteiger partial charge on any atom is -0.481 e. The van der Waals surface area contributed by atoms with E-state index in [9.17, 15) is 4.79 Å². The zero-order valence-electron chi connectivity index (χ0n) is 11.3. The first-order valence-electron chi connectivity index (χ1n) is 6.44. The van der Waals surface area contributed by atoms with E-state index in [1.807, 2.05) is 36.2 Å². The van der Waals surface area contributed by atoms with Crippen LogP contribution in [0, 0.1) is 5.92 Å². The lowest BCUT2D eigenvalue weighted by Gasteiger charge is -2.18. The number of carboxylic acids is 1. The van der Waals surface area contributed by atoms with Gasteiger partial charge in [-0.3, -0.25) is 4.79 Å². The number of para-hydroxylation sites is 1. The summed E-state index contributed by atoms with van der Waals surface area (Å²) in [5, 5.41) is 10.0. The molecule has 0 saturated heterocycles. The van der Waals surface area contributed by atoms with Crippen LogP contribution in [0.25, 0.3) is 11.0 Å². The number of likely N-dealkylation sites (N-methyl/N-ethyl adjacent to an activating group) is 1. The van der Waals surface area contributed by atoms with Gasteiger partial charge in [-0.15, -0.1) is 0 Å². The predicted octanol–water partition coefficient (Wildman–Crippen LogP) is 2.63. The summed E-state index contributed by atoms with van der Waals surface area (Å²) in [6.45, 7) is 3.11. The largest absolute Gasteiger partial charge is 0.481 e. The zero-order chi connectivity index (χ0) is 13.8. The maximum Gasteiger partial charge on any atom is 0.307 e. The van der Waals surface area contributed by atoms with Gasteiger partial charge in [0.05, 0.1) is 12.2 Å². The molecule has 2 aromatic rings. The number of aliphatic carboxylic acids is 1. The Bertz CT molecular complexity index is 561. The van der Waals surface area contributed by atoms with Crippen LogP contribution in [-0.2, 0) is 11.2 Å². The van der Waals surface area contributed by atoms with Crippen LogP contribution in [0.4, 0.5) is 0 Å². The average Bonchev–Trinajstić information content (AvgIpc) is 2.79. The lowest BCUT2D eigenvalue weighted by atomic mass is 10.1. The molecule has 19 heavy (non-hydrogen) atoms. The molecule has 1 unspecified atom stereocenters. The number of benzene rings is 1. The molecule has 4 heteroatoms. The van der Waals surface area contributed by atoms with E-state index < -0.39 is 5.97 Å². The van der Waals surface area contributed by atoms with Gasteiger partial charge in [0.1, 0.15) is 5.58 Å². The van der Waals surface area contributed by atoms with E-state index in [0.717, 1.165) is 23.9 Å². The molecule has 0 radical (unpaired) electrons. The van der Waals surface area contributed by atoms with Crippen molar-refractivity contribution in [3.8, 4) is 0 Å². The fourth-order valence-electron chi connectivity index (χ4n) is 2.17. The lowest BCUT2D eigenvalue weighted by molar-refractivity contribution is -0.141. The second-order valence-corrected chi connectivity index (χ2v) is 5.01. The molecule has 0 saturated carbocycles. The van der Waals surface area contributed by atoms with E-state index in [1.165, 1.54) is 5.56 Å². The normalized spacial score (nSPS) is 13.0. The number of hydrogen-bond donors (Lipinski definition) is 1. The summed E-state index contributed by atoms with van der Waals surface area (Å²) < 4.78 is 5.49. The van der Waals surface area contributed by atoms with Crippen LogP contribution in [0.1, 0.15) is 12.5 Å². The van der Waals surface area contributed by atoms with Crippen molar-refractivity contribution in [1.82, 2.24) is 4.90 Å². The highest BCUT2D eigenvalue weighted by molar-refractivity contribution is 5.80. The van der Waals surface area contributed by atoms with E-state index >= 15 is 0 Å². The van der Waals surface area contributed by atoms with Gasteiger partial charge in [-0.05, 0) is 25.1 Å². The molecule has 1 N–H and O–H groups in total. The molecule has 1 aromatic carbocycles. The van der Waals surface area contributed by atoms with Gasteiger partial charge >= 0.3 is 5.97 Å². The first-order valence-corrected chi connectivity index (χ1v) is 6.44. The van der Waals surface area contributed by atoms with Crippen molar-refractivity contribution in [2.75, 3.05) is 20.1 Å². The quantitative estimate of drug-likeness (QED) is 0.868. The SMILES string of the molecule is CC(CN(C)CCc1coc2ccccc12)C(=O)O. The summed E-state index contributed by atoms with van der Waals surface area (Å²) in [7, 11) is 1.95. The van der Waals surface area contributed by atoms with Crippen LogP contribution in [-0.4, -0.2) is 36.1 Å². The second-order valence-electron chi connectivity index (χ2n) is 5.01. The molecule has 0 aliphatic heterocycles. The Morgan fingerprint density at radius 3 is 2.89 bits per heavy atom. The molecular formula is C15H19NO3. The van der Waals surface area contributed by atoms with Crippen molar-refractivity contribution < 1.29 is 14.3 Å². The Hall–Kier alpha value is -1.81. The molecule has 4 nitrogen and oxygen atoms in total. The summed E-state index contributed by atoms with van der Waals surface area (Å²) >= 11 is 0. The third-order valence-electron chi connectivity index (χ3n) is 3.33. The Labute approximate surface area is 112 Å². The Balaban J connectivity index is 1.93. The number of fused-ring (bicyclic) bond motifs is 1. The molecule has 0 spiro atoms. The summed E-state index contributed by atoms with van der Waals surface area (Å²) in [6.07, 6.45) is 2.65. The molecule has 1 heterocycles. The predicted molar refractivity (Wildman–Crippen MR) is 74.2 cm³/mol. The highest BCUT2D eigenvalue weighted by Gasteiger charge is 2.14. The van der Waals surface area contributed by atoms with Gasteiger partial charge < -0.3 is 14.4 Å². The molecule has 0 bridgehead atoms. The van der Waals surface area contributed by atoms with Gasteiger partial charge in [0.2, 0.25) is 0 Å². The van der Waals surface area contributed by atoms with Gasteiger partial charge in [-0.2, -0.15) is 0 Å². The number of nitrogens with zero attached hydrogens (tertiary/aromatic N) is 1. The lowest BCUT2D eigenvalue weighted by Crippen LogP contribution is -2.30. The molecule has 0 aliphatic rings. The molecular weight excluding hydrogens is 242 g/mol. The van der Waals surface area contributed by atoms with E-state index in [1.54, 1.807) is 13.2 Å². The second kappa shape index (κ2) is 5.89. The summed E-state index contributed by atoms with van der Waals surface area (Å²) in [6, 6.07) is 7.96. The zero-order valence-corrected chi connectivity index (χ0v) is 11.3. The number of carboxylic acid groups (broad SMARTS) is 1. The van der Waals surface area contributed by atoms with Crippen LogP contribution < -0.4 is 0 Å². The maximum absolute atomic E-state index is 10.8. The van der Waals surface area contributed by atoms with Crippen molar-refractivity contribution in [1.29, 1.82) is 0 Å². The van der Waals surface area contributed by atoms with E-state index in [4.69, 9.17) is 9.52 Å².